The number of anilines is 2. The van der Waals surface area contributed by atoms with Crippen molar-refractivity contribution < 1.29 is 9.59 Å². The standard InChI is InChI=1S/C26H33N5O2/c1-2-24(32)31-16-5-6-20(18-31)23-12-11-22(25(27)33)26(29-23)28-21-9-7-19(8-10-21)13-17-30-14-3-4-15-30/h2,7-12,20H,1,3-6,13-18H2,(H2,27,33)(H,28,29). The zero-order valence-electron chi connectivity index (χ0n) is 19.1. The Hall–Kier alpha value is -3.19. The van der Waals surface area contributed by atoms with Crippen molar-refractivity contribution in [3.05, 3.63) is 65.9 Å². The summed E-state index contributed by atoms with van der Waals surface area (Å²) in [5.41, 5.74) is 8.97. The van der Waals surface area contributed by atoms with Crippen molar-refractivity contribution in [3.8, 4) is 0 Å². The smallest absolute Gasteiger partial charge is 0.252 e. The highest BCUT2D eigenvalue weighted by molar-refractivity contribution is 5.98. The molecule has 3 N–H and O–H groups in total. The third kappa shape index (κ3) is 5.79. The van der Waals surface area contributed by atoms with Gasteiger partial charge in [-0.05, 0) is 81.1 Å². The van der Waals surface area contributed by atoms with Crippen LogP contribution in [-0.2, 0) is 11.2 Å². The maximum absolute atomic E-state index is 12.1. The number of likely N-dealkylation sites (tertiary alicyclic amines) is 2. The van der Waals surface area contributed by atoms with Crippen LogP contribution in [0.25, 0.3) is 0 Å². The van der Waals surface area contributed by atoms with Crippen LogP contribution in [0.4, 0.5) is 11.5 Å². The van der Waals surface area contributed by atoms with Gasteiger partial charge in [0.15, 0.2) is 0 Å². The minimum atomic E-state index is -0.522. The van der Waals surface area contributed by atoms with Crippen LogP contribution in [0, 0.1) is 0 Å². The summed E-state index contributed by atoms with van der Waals surface area (Å²) in [6, 6.07) is 11.8. The number of pyridine rings is 1. The number of hydrogen-bond acceptors (Lipinski definition) is 5. The molecule has 174 valence electrons. The number of carbonyl (C=O) groups is 2. The summed E-state index contributed by atoms with van der Waals surface area (Å²) in [6.07, 6.45) is 6.84. The van der Waals surface area contributed by atoms with E-state index in [1.165, 1.54) is 37.6 Å². The minimum absolute atomic E-state index is 0.0587. The highest BCUT2D eigenvalue weighted by Gasteiger charge is 2.25. The number of carbonyl (C=O) groups excluding carboxylic acids is 2. The van der Waals surface area contributed by atoms with Gasteiger partial charge in [-0.25, -0.2) is 4.98 Å². The first kappa shape index (κ1) is 23.0. The molecule has 2 saturated heterocycles. The van der Waals surface area contributed by atoms with E-state index in [1.807, 2.05) is 18.2 Å². The number of benzene rings is 1. The average Bonchev–Trinajstić information content (AvgIpc) is 3.37. The molecule has 2 aliphatic heterocycles. The maximum Gasteiger partial charge on any atom is 0.252 e. The summed E-state index contributed by atoms with van der Waals surface area (Å²) in [5, 5.41) is 3.28. The Balaban J connectivity index is 1.47. The van der Waals surface area contributed by atoms with Crippen LogP contribution in [0.15, 0.2) is 49.1 Å². The molecule has 1 unspecified atom stereocenters. The van der Waals surface area contributed by atoms with Gasteiger partial charge in [0.1, 0.15) is 5.82 Å². The van der Waals surface area contributed by atoms with Crippen LogP contribution in [0.1, 0.15) is 53.2 Å². The number of rotatable bonds is 8. The maximum atomic E-state index is 12.1. The van der Waals surface area contributed by atoms with Gasteiger partial charge in [-0.3, -0.25) is 9.59 Å². The van der Waals surface area contributed by atoms with E-state index in [-0.39, 0.29) is 11.8 Å². The topological polar surface area (TPSA) is 91.6 Å². The molecule has 7 heteroatoms. The first-order valence-corrected chi connectivity index (χ1v) is 11.8. The van der Waals surface area contributed by atoms with Crippen molar-refractivity contribution in [2.45, 2.75) is 38.0 Å². The number of hydrogen-bond donors (Lipinski definition) is 2. The summed E-state index contributed by atoms with van der Waals surface area (Å²) < 4.78 is 0. The highest BCUT2D eigenvalue weighted by Crippen LogP contribution is 2.29. The van der Waals surface area contributed by atoms with Gasteiger partial charge in [0.05, 0.1) is 5.56 Å². The van der Waals surface area contributed by atoms with Gasteiger partial charge >= 0.3 is 0 Å². The van der Waals surface area contributed by atoms with Crippen LogP contribution >= 0.6 is 0 Å². The Labute approximate surface area is 195 Å². The molecule has 0 saturated carbocycles. The van der Waals surface area contributed by atoms with Crippen molar-refractivity contribution in [1.82, 2.24) is 14.8 Å². The summed E-state index contributed by atoms with van der Waals surface area (Å²) in [6.45, 7) is 8.43. The van der Waals surface area contributed by atoms with E-state index >= 15 is 0 Å². The second kappa shape index (κ2) is 10.6. The normalized spacial score (nSPS) is 18.8. The molecule has 7 nitrogen and oxygen atoms in total. The van der Waals surface area contributed by atoms with Gasteiger partial charge in [-0.2, -0.15) is 0 Å². The number of nitrogens with zero attached hydrogens (tertiary/aromatic N) is 3. The predicted octanol–water partition coefficient (Wildman–Crippen LogP) is 3.45. The molecule has 0 spiro atoms. The summed E-state index contributed by atoms with van der Waals surface area (Å²) in [5.74, 6) is -0.0161. The lowest BCUT2D eigenvalue weighted by atomic mass is 9.93. The third-order valence-corrected chi connectivity index (χ3v) is 6.64. The second-order valence-corrected chi connectivity index (χ2v) is 8.94. The van der Waals surface area contributed by atoms with Gasteiger partial charge in [0, 0.05) is 36.9 Å². The zero-order chi connectivity index (χ0) is 23.2. The van der Waals surface area contributed by atoms with Gasteiger partial charge < -0.3 is 20.9 Å². The fourth-order valence-corrected chi connectivity index (χ4v) is 4.73. The van der Waals surface area contributed by atoms with Crippen molar-refractivity contribution in [1.29, 1.82) is 0 Å². The number of piperidine rings is 1. The molecule has 0 radical (unpaired) electrons. The van der Waals surface area contributed by atoms with E-state index in [9.17, 15) is 9.59 Å². The molecule has 0 aliphatic carbocycles. The lowest BCUT2D eigenvalue weighted by Crippen LogP contribution is -2.38. The van der Waals surface area contributed by atoms with E-state index in [2.05, 4.69) is 28.9 Å². The third-order valence-electron chi connectivity index (χ3n) is 6.64. The monoisotopic (exact) mass is 447 g/mol. The van der Waals surface area contributed by atoms with Crippen molar-refractivity contribution >= 4 is 23.3 Å². The molecule has 1 atom stereocenters. The number of aromatic nitrogens is 1. The van der Waals surface area contributed by atoms with Gasteiger partial charge in [0.25, 0.3) is 5.91 Å². The largest absolute Gasteiger partial charge is 0.365 e. The zero-order valence-corrected chi connectivity index (χ0v) is 19.1. The molecule has 0 bridgehead atoms. The SMILES string of the molecule is C=CC(=O)N1CCCC(c2ccc(C(N)=O)c(Nc3ccc(CCN4CCCC4)cc3)n2)C1. The first-order valence-electron chi connectivity index (χ1n) is 11.8. The molecule has 2 aromatic rings. The van der Waals surface area contributed by atoms with E-state index in [4.69, 9.17) is 10.7 Å². The lowest BCUT2D eigenvalue weighted by Gasteiger charge is -2.32. The molecule has 1 aromatic heterocycles. The van der Waals surface area contributed by atoms with Crippen molar-refractivity contribution in [2.24, 2.45) is 5.73 Å². The highest BCUT2D eigenvalue weighted by atomic mass is 16.2. The summed E-state index contributed by atoms with van der Waals surface area (Å²) >= 11 is 0. The van der Waals surface area contributed by atoms with E-state index in [1.54, 1.807) is 11.0 Å². The summed E-state index contributed by atoms with van der Waals surface area (Å²) in [4.78, 5) is 33.1. The Morgan fingerprint density at radius 3 is 2.55 bits per heavy atom. The van der Waals surface area contributed by atoms with Gasteiger partial charge in [0.2, 0.25) is 5.91 Å². The molecule has 2 fully saturated rings. The number of nitrogens with one attached hydrogen (secondary N) is 1. The lowest BCUT2D eigenvalue weighted by molar-refractivity contribution is -0.127. The van der Waals surface area contributed by atoms with Crippen LogP contribution in [0.5, 0.6) is 0 Å². The fraction of sp³-hybridized carbons (Fsp3) is 0.423. The van der Waals surface area contributed by atoms with Gasteiger partial charge in [-0.1, -0.05) is 18.7 Å². The van der Waals surface area contributed by atoms with Crippen LogP contribution < -0.4 is 11.1 Å². The number of nitrogens with two attached hydrogens (primary N) is 1. The van der Waals surface area contributed by atoms with Crippen LogP contribution in [0.3, 0.4) is 0 Å². The van der Waals surface area contributed by atoms with Crippen LogP contribution in [0.2, 0.25) is 0 Å². The Kier molecular flexibility index (Phi) is 7.40. The second-order valence-electron chi connectivity index (χ2n) is 8.94. The van der Waals surface area contributed by atoms with Crippen molar-refractivity contribution in [2.75, 3.05) is 38.0 Å². The van der Waals surface area contributed by atoms with Crippen LogP contribution in [-0.4, -0.2) is 59.3 Å². The molecule has 3 heterocycles. The summed E-state index contributed by atoms with van der Waals surface area (Å²) in [7, 11) is 0. The molecule has 2 amide bonds. The molecular weight excluding hydrogens is 414 g/mol. The molecule has 4 rings (SSSR count). The Bertz CT molecular complexity index is 998. The molecule has 33 heavy (non-hydrogen) atoms. The van der Waals surface area contributed by atoms with E-state index in [0.29, 0.717) is 17.9 Å². The predicted molar refractivity (Wildman–Crippen MR) is 131 cm³/mol. The fourth-order valence-electron chi connectivity index (χ4n) is 4.73. The number of primary amides is 1. The molecule has 1 aromatic carbocycles. The quantitative estimate of drug-likeness (QED) is 0.605. The van der Waals surface area contributed by atoms with E-state index < -0.39 is 5.91 Å². The van der Waals surface area contributed by atoms with Gasteiger partial charge in [-0.15, -0.1) is 0 Å². The minimum Gasteiger partial charge on any atom is -0.365 e. The first-order chi connectivity index (χ1) is 16.0. The van der Waals surface area contributed by atoms with Crippen molar-refractivity contribution in [3.63, 3.8) is 0 Å². The Morgan fingerprint density at radius 1 is 1.09 bits per heavy atom. The Morgan fingerprint density at radius 2 is 1.85 bits per heavy atom. The number of amides is 2. The molecule has 2 aliphatic rings. The van der Waals surface area contributed by atoms with E-state index in [0.717, 1.165) is 43.7 Å². The molecular formula is C26H33N5O2. The average molecular weight is 448 g/mol.